The molecule has 0 saturated heterocycles. The topological polar surface area (TPSA) is 69.8 Å². The van der Waals surface area contributed by atoms with Crippen molar-refractivity contribution in [1.29, 1.82) is 0 Å². The smallest absolute Gasteiger partial charge is 0.269 e. The van der Waals surface area contributed by atoms with Gasteiger partial charge in [0.1, 0.15) is 0 Å². The minimum absolute atomic E-state index is 0.226. The molecule has 0 radical (unpaired) electrons. The van der Waals surface area contributed by atoms with E-state index in [2.05, 4.69) is 56.9 Å². The fourth-order valence-electron chi connectivity index (χ4n) is 4.62. The third-order valence-corrected chi connectivity index (χ3v) is 9.21. The second-order valence-corrected chi connectivity index (χ2v) is 12.1. The maximum atomic E-state index is 13.5. The maximum absolute atomic E-state index is 13.5. The number of nitrogens with zero attached hydrogens (tertiary/aromatic N) is 4. The van der Waals surface area contributed by atoms with Gasteiger partial charge < -0.3 is 0 Å². The highest BCUT2D eigenvalue weighted by atomic mass is 32.2. The zero-order chi connectivity index (χ0) is 26.0. The summed E-state index contributed by atoms with van der Waals surface area (Å²) in [6.45, 7) is 11.6. The van der Waals surface area contributed by atoms with Crippen molar-refractivity contribution in [1.82, 2.24) is 18.7 Å². The normalized spacial score (nSPS) is 15.1. The molecule has 6 nitrogen and oxygen atoms in total. The highest BCUT2D eigenvalue weighted by Gasteiger charge is 2.23. The summed E-state index contributed by atoms with van der Waals surface area (Å²) >= 11 is 0. The van der Waals surface area contributed by atoms with Crippen LogP contribution in [0.3, 0.4) is 0 Å². The highest BCUT2D eigenvalue weighted by Crippen LogP contribution is 2.33. The van der Waals surface area contributed by atoms with Crippen LogP contribution in [0.5, 0.6) is 0 Å². The number of fused-ring (bicyclic) bond motifs is 1. The van der Waals surface area contributed by atoms with Crippen LogP contribution in [-0.4, -0.2) is 27.2 Å². The first-order chi connectivity index (χ1) is 17.1. The third-order valence-electron chi connectivity index (χ3n) is 7.55. The molecule has 0 amide bonds. The Bertz CT molecular complexity index is 1470. The summed E-state index contributed by atoms with van der Waals surface area (Å²) in [5, 5.41) is 5.06. The lowest BCUT2D eigenvalue weighted by Crippen LogP contribution is -2.20. The molecule has 7 heteroatoms. The summed E-state index contributed by atoms with van der Waals surface area (Å²) < 4.78 is 30.0. The standard InChI is InChI=1S/C29H36N4O2S/c1-20(2)22(4)23(5)21(3)11-10-12-24-15-27-28(25-17-31-32(6)18-25)19-33(29(27)30-16-24)36(34,35)26-13-8-7-9-14-26/h7-10,12-23H,11H2,1-6H3/b12-10+. The Morgan fingerprint density at radius 2 is 1.69 bits per heavy atom. The molecule has 3 atom stereocenters. The summed E-state index contributed by atoms with van der Waals surface area (Å²) in [6.07, 6.45) is 12.3. The number of benzene rings is 1. The monoisotopic (exact) mass is 504 g/mol. The molecule has 0 aliphatic heterocycles. The van der Waals surface area contributed by atoms with E-state index in [0.717, 1.165) is 28.5 Å². The molecule has 0 aliphatic rings. The number of allylic oxidation sites excluding steroid dienone is 1. The van der Waals surface area contributed by atoms with Gasteiger partial charge in [-0.25, -0.2) is 17.4 Å². The van der Waals surface area contributed by atoms with Gasteiger partial charge in [-0.05, 0) is 53.9 Å². The van der Waals surface area contributed by atoms with Crippen molar-refractivity contribution in [2.75, 3.05) is 0 Å². The second kappa shape index (κ2) is 10.4. The van der Waals surface area contributed by atoms with Gasteiger partial charge in [-0.1, -0.05) is 65.0 Å². The van der Waals surface area contributed by atoms with Gasteiger partial charge >= 0.3 is 0 Å². The van der Waals surface area contributed by atoms with Crippen LogP contribution >= 0.6 is 0 Å². The first-order valence-corrected chi connectivity index (χ1v) is 14.0. The molecule has 36 heavy (non-hydrogen) atoms. The quantitative estimate of drug-likeness (QED) is 0.256. The number of rotatable bonds is 9. The summed E-state index contributed by atoms with van der Waals surface area (Å²) in [4.78, 5) is 4.84. The van der Waals surface area contributed by atoms with Crippen molar-refractivity contribution in [2.24, 2.45) is 30.7 Å². The van der Waals surface area contributed by atoms with Crippen molar-refractivity contribution >= 4 is 27.1 Å². The average molecular weight is 505 g/mol. The Balaban J connectivity index is 1.72. The molecule has 0 bridgehead atoms. The zero-order valence-electron chi connectivity index (χ0n) is 22.0. The predicted molar refractivity (Wildman–Crippen MR) is 147 cm³/mol. The molecular formula is C29H36N4O2S. The van der Waals surface area contributed by atoms with Gasteiger partial charge in [0.25, 0.3) is 10.0 Å². The number of hydrogen-bond donors (Lipinski definition) is 0. The molecule has 0 N–H and O–H groups in total. The van der Waals surface area contributed by atoms with Gasteiger partial charge in [0.05, 0.1) is 11.1 Å². The summed E-state index contributed by atoms with van der Waals surface area (Å²) in [5.41, 5.74) is 2.98. The first-order valence-electron chi connectivity index (χ1n) is 12.6. The molecular weight excluding hydrogens is 468 g/mol. The van der Waals surface area contributed by atoms with Crippen LogP contribution in [0.25, 0.3) is 28.2 Å². The molecule has 190 valence electrons. The molecule has 3 heterocycles. The molecule has 0 aliphatic carbocycles. The molecule has 0 fully saturated rings. The number of aromatic nitrogens is 4. The minimum atomic E-state index is -3.80. The van der Waals surface area contributed by atoms with Gasteiger partial charge in [-0.2, -0.15) is 5.10 Å². The van der Waals surface area contributed by atoms with E-state index in [1.54, 1.807) is 53.6 Å². The van der Waals surface area contributed by atoms with Crippen LogP contribution < -0.4 is 0 Å². The molecule has 1 aromatic carbocycles. The van der Waals surface area contributed by atoms with Crippen molar-refractivity contribution in [3.63, 3.8) is 0 Å². The number of hydrogen-bond acceptors (Lipinski definition) is 4. The van der Waals surface area contributed by atoms with E-state index >= 15 is 0 Å². The van der Waals surface area contributed by atoms with Crippen LogP contribution in [-0.2, 0) is 17.1 Å². The van der Waals surface area contributed by atoms with Crippen LogP contribution in [0.15, 0.2) is 72.2 Å². The fourth-order valence-corrected chi connectivity index (χ4v) is 5.97. The van der Waals surface area contributed by atoms with Crippen LogP contribution in [0.1, 0.15) is 46.6 Å². The Morgan fingerprint density at radius 1 is 0.972 bits per heavy atom. The summed E-state index contributed by atoms with van der Waals surface area (Å²) in [7, 11) is -1.96. The molecule has 0 spiro atoms. The van der Waals surface area contributed by atoms with E-state index in [1.807, 2.05) is 19.3 Å². The van der Waals surface area contributed by atoms with Gasteiger partial charge in [-0.15, -0.1) is 0 Å². The molecule has 4 aromatic rings. The van der Waals surface area contributed by atoms with E-state index in [1.165, 1.54) is 3.97 Å². The summed E-state index contributed by atoms with van der Waals surface area (Å²) in [5.74, 6) is 2.53. The van der Waals surface area contributed by atoms with E-state index < -0.39 is 10.0 Å². The fraction of sp³-hybridized carbons (Fsp3) is 0.379. The lowest BCUT2D eigenvalue weighted by Gasteiger charge is -2.28. The van der Waals surface area contributed by atoms with Gasteiger partial charge in [0, 0.05) is 42.2 Å². The largest absolute Gasteiger partial charge is 0.275 e. The Morgan fingerprint density at radius 3 is 2.33 bits per heavy atom. The Hall–Kier alpha value is -3.19. The average Bonchev–Trinajstić information content (AvgIpc) is 3.47. The molecule has 3 unspecified atom stereocenters. The molecule has 0 saturated carbocycles. The zero-order valence-corrected chi connectivity index (χ0v) is 22.8. The van der Waals surface area contributed by atoms with Crippen LogP contribution in [0.2, 0.25) is 0 Å². The van der Waals surface area contributed by atoms with Crippen molar-refractivity contribution < 1.29 is 8.42 Å². The van der Waals surface area contributed by atoms with Crippen LogP contribution in [0, 0.1) is 23.7 Å². The first kappa shape index (κ1) is 25.9. The van der Waals surface area contributed by atoms with Crippen molar-refractivity contribution in [3.05, 3.63) is 72.8 Å². The highest BCUT2D eigenvalue weighted by molar-refractivity contribution is 7.90. The second-order valence-electron chi connectivity index (χ2n) is 10.3. The van der Waals surface area contributed by atoms with E-state index in [4.69, 9.17) is 0 Å². The van der Waals surface area contributed by atoms with Gasteiger partial charge in [0.2, 0.25) is 0 Å². The maximum Gasteiger partial charge on any atom is 0.269 e. The minimum Gasteiger partial charge on any atom is -0.275 e. The van der Waals surface area contributed by atoms with Crippen molar-refractivity contribution in [2.45, 2.75) is 45.9 Å². The van der Waals surface area contributed by atoms with Crippen molar-refractivity contribution in [3.8, 4) is 11.1 Å². The predicted octanol–water partition coefficient (Wildman–Crippen LogP) is 6.64. The Labute approximate surface area is 214 Å². The van der Waals surface area contributed by atoms with Crippen LogP contribution in [0.4, 0.5) is 0 Å². The lowest BCUT2D eigenvalue weighted by molar-refractivity contribution is 0.224. The third kappa shape index (κ3) is 5.16. The number of pyridine rings is 1. The number of aryl methyl sites for hydroxylation is 1. The molecule has 3 aromatic heterocycles. The van der Waals surface area contributed by atoms with Gasteiger partial charge in [-0.3, -0.25) is 4.68 Å². The van der Waals surface area contributed by atoms with E-state index in [9.17, 15) is 8.42 Å². The van der Waals surface area contributed by atoms with Gasteiger partial charge in [0.15, 0.2) is 5.65 Å². The summed E-state index contributed by atoms with van der Waals surface area (Å²) in [6, 6.07) is 10.5. The van der Waals surface area contributed by atoms with E-state index in [-0.39, 0.29) is 4.90 Å². The molecule has 4 rings (SSSR count). The van der Waals surface area contributed by atoms with E-state index in [0.29, 0.717) is 29.3 Å². The Kier molecular flexibility index (Phi) is 7.50. The SMILES string of the molecule is CC(C)C(C)C(C)C(C)C/C=C/c1cnc2c(c1)c(-c1cnn(C)c1)cn2S(=O)(=O)c1ccccc1. The lowest BCUT2D eigenvalue weighted by atomic mass is 9.78.